The quantitative estimate of drug-likeness (QED) is 0.255. The van der Waals surface area contributed by atoms with Crippen molar-refractivity contribution in [3.63, 3.8) is 0 Å². The molecule has 3 N–H and O–H groups in total. The number of nitrogens with one attached hydrogen (secondary N) is 1. The molecule has 2 nitrogen and oxygen atoms in total. The van der Waals surface area contributed by atoms with Crippen LogP contribution >= 0.6 is 0 Å². The zero-order valence-corrected chi connectivity index (χ0v) is 17.8. The van der Waals surface area contributed by atoms with Crippen LogP contribution < -0.4 is 5.73 Å². The van der Waals surface area contributed by atoms with Crippen LogP contribution in [0.15, 0.2) is 109 Å². The van der Waals surface area contributed by atoms with E-state index < -0.39 is 0 Å². The van der Waals surface area contributed by atoms with Gasteiger partial charge in [0.05, 0.1) is 16.7 Å². The van der Waals surface area contributed by atoms with E-state index >= 15 is 0 Å². The molecule has 3 heteroatoms. The molecule has 6 rings (SSSR count). The second-order valence-electron chi connectivity index (χ2n) is 8.22. The van der Waals surface area contributed by atoms with Crippen LogP contribution in [0.3, 0.4) is 0 Å². The smallest absolute Gasteiger partial charge is 0.123 e. The zero-order chi connectivity index (χ0) is 22.4. The third-order valence-corrected chi connectivity index (χ3v) is 6.27. The molecule has 0 bridgehead atoms. The molecule has 33 heavy (non-hydrogen) atoms. The Bertz CT molecular complexity index is 1750. The number of halogens is 1. The molecule has 0 saturated carbocycles. The van der Waals surface area contributed by atoms with E-state index in [9.17, 15) is 4.39 Å². The van der Waals surface area contributed by atoms with Gasteiger partial charge in [0, 0.05) is 16.3 Å². The summed E-state index contributed by atoms with van der Waals surface area (Å²) in [5.74, 6) is -0.263. The fourth-order valence-electron chi connectivity index (χ4n) is 4.77. The standard InChI is InChI=1S/C30H21FN2/c31-20-9-5-8-19(18-20)21-14-6-15-26-24-12-3-1-10-22(24)23-11-2-4-13-25(23)27-16-7-17-28(32)30(27)33-29(21)26/h1-18,33H,32H2. The minimum Gasteiger partial charge on any atom is -0.397 e. The summed E-state index contributed by atoms with van der Waals surface area (Å²) in [6.45, 7) is 0. The molecule has 1 heterocycles. The molecule has 158 valence electrons. The van der Waals surface area contributed by atoms with E-state index in [2.05, 4.69) is 65.6 Å². The van der Waals surface area contributed by atoms with E-state index in [1.165, 1.54) is 6.07 Å². The fourth-order valence-corrected chi connectivity index (χ4v) is 4.77. The maximum Gasteiger partial charge on any atom is 0.123 e. The van der Waals surface area contributed by atoms with Gasteiger partial charge in [-0.25, -0.2) is 4.39 Å². The molecule has 0 fully saturated rings. The number of nitrogens with two attached hydrogens (primary N) is 1. The highest BCUT2D eigenvalue weighted by Gasteiger charge is 2.10. The van der Waals surface area contributed by atoms with Crippen molar-refractivity contribution in [2.24, 2.45) is 0 Å². The number of hydrogen-bond donors (Lipinski definition) is 2. The van der Waals surface area contributed by atoms with E-state index in [4.69, 9.17) is 5.73 Å². The van der Waals surface area contributed by atoms with Crippen molar-refractivity contribution in [3.05, 3.63) is 115 Å². The number of benzene rings is 5. The summed E-state index contributed by atoms with van der Waals surface area (Å²) in [4.78, 5) is 3.67. The van der Waals surface area contributed by atoms with Crippen molar-refractivity contribution >= 4 is 49.0 Å². The third kappa shape index (κ3) is 3.17. The molecular weight excluding hydrogens is 407 g/mol. The highest BCUT2D eigenvalue weighted by molar-refractivity contribution is 6.21. The molecule has 1 aromatic heterocycles. The number of aromatic nitrogens is 1. The average molecular weight is 429 g/mol. The van der Waals surface area contributed by atoms with Gasteiger partial charge in [-0.1, -0.05) is 91.0 Å². The Balaban J connectivity index is 1.99. The monoisotopic (exact) mass is 428 g/mol. The molecule has 5 aromatic carbocycles. The second-order valence-corrected chi connectivity index (χ2v) is 8.22. The first kappa shape index (κ1) is 19.3. The number of para-hydroxylation sites is 2. The molecular formula is C30H21FN2. The second kappa shape index (κ2) is 7.64. The third-order valence-electron chi connectivity index (χ3n) is 6.27. The van der Waals surface area contributed by atoms with Gasteiger partial charge >= 0.3 is 0 Å². The van der Waals surface area contributed by atoms with Gasteiger partial charge in [0.15, 0.2) is 0 Å². The molecule has 6 aromatic rings. The number of H-pyrrole nitrogens is 1. The molecule has 0 spiro atoms. The Morgan fingerprint density at radius 1 is 0.515 bits per heavy atom. The van der Waals surface area contributed by atoms with Crippen molar-refractivity contribution in [3.8, 4) is 11.1 Å². The maximum absolute atomic E-state index is 14.2. The number of anilines is 1. The van der Waals surface area contributed by atoms with Crippen molar-refractivity contribution in [1.82, 2.24) is 4.98 Å². The van der Waals surface area contributed by atoms with Crippen LogP contribution in [0.5, 0.6) is 0 Å². The van der Waals surface area contributed by atoms with Gasteiger partial charge in [0.25, 0.3) is 0 Å². The summed E-state index contributed by atoms with van der Waals surface area (Å²) < 4.78 is 14.2. The van der Waals surface area contributed by atoms with Crippen molar-refractivity contribution in [2.45, 2.75) is 0 Å². The van der Waals surface area contributed by atoms with Crippen molar-refractivity contribution < 1.29 is 4.39 Å². The van der Waals surface area contributed by atoms with Crippen LogP contribution in [-0.4, -0.2) is 4.98 Å². The van der Waals surface area contributed by atoms with Crippen LogP contribution in [0.4, 0.5) is 10.1 Å². The lowest BCUT2D eigenvalue weighted by Gasteiger charge is -2.08. The number of hydrogen-bond acceptors (Lipinski definition) is 1. The molecule has 0 atom stereocenters. The highest BCUT2D eigenvalue weighted by Crippen LogP contribution is 2.35. The van der Waals surface area contributed by atoms with Crippen molar-refractivity contribution in [2.75, 3.05) is 5.73 Å². The van der Waals surface area contributed by atoms with Crippen LogP contribution in [0, 0.1) is 5.82 Å². The number of rotatable bonds is 1. The molecule has 0 radical (unpaired) electrons. The summed E-state index contributed by atoms with van der Waals surface area (Å²) in [5.41, 5.74) is 10.7. The van der Waals surface area contributed by atoms with Crippen LogP contribution in [0.1, 0.15) is 0 Å². The van der Waals surface area contributed by atoms with Crippen molar-refractivity contribution in [1.29, 1.82) is 0 Å². The zero-order valence-electron chi connectivity index (χ0n) is 17.8. The van der Waals surface area contributed by atoms with Gasteiger partial charge in [0.2, 0.25) is 0 Å². The lowest BCUT2D eigenvalue weighted by Crippen LogP contribution is -1.90. The largest absolute Gasteiger partial charge is 0.397 e. The van der Waals surface area contributed by atoms with Gasteiger partial charge in [-0.3, -0.25) is 0 Å². The maximum atomic E-state index is 14.2. The van der Waals surface area contributed by atoms with E-state index in [1.807, 2.05) is 30.3 Å². The summed E-state index contributed by atoms with van der Waals surface area (Å²) >= 11 is 0. The lowest BCUT2D eigenvalue weighted by atomic mass is 9.98. The van der Waals surface area contributed by atoms with E-state index in [1.54, 1.807) is 12.1 Å². The normalized spacial score (nSPS) is 11.3. The number of nitrogen functional groups attached to an aromatic ring is 1. The molecule has 0 aliphatic rings. The van der Waals surface area contributed by atoms with Crippen LogP contribution in [-0.2, 0) is 0 Å². The van der Waals surface area contributed by atoms with Gasteiger partial charge in [0.1, 0.15) is 5.82 Å². The number of fused-ring (bicyclic) bond motifs is 7. The Kier molecular flexibility index (Phi) is 4.48. The molecule has 0 aliphatic heterocycles. The van der Waals surface area contributed by atoms with Gasteiger partial charge < -0.3 is 10.7 Å². The van der Waals surface area contributed by atoms with Crippen LogP contribution in [0.25, 0.3) is 54.5 Å². The average Bonchev–Trinajstić information content (AvgIpc) is 2.90. The molecule has 0 saturated heterocycles. The minimum atomic E-state index is -0.263. The molecule has 0 aliphatic carbocycles. The van der Waals surface area contributed by atoms with Gasteiger partial charge in [-0.2, -0.15) is 0 Å². The van der Waals surface area contributed by atoms with E-state index in [0.29, 0.717) is 5.69 Å². The Labute approximate surface area is 190 Å². The first-order chi connectivity index (χ1) is 16.2. The minimum absolute atomic E-state index is 0.263. The molecule has 0 amide bonds. The topological polar surface area (TPSA) is 41.8 Å². The fraction of sp³-hybridized carbons (Fsp3) is 0. The predicted octanol–water partition coefficient (Wildman–Crippen LogP) is 8.14. The summed E-state index contributed by atoms with van der Waals surface area (Å²) in [6.07, 6.45) is 0. The Morgan fingerprint density at radius 3 is 1.67 bits per heavy atom. The first-order valence-corrected chi connectivity index (χ1v) is 10.9. The van der Waals surface area contributed by atoms with Gasteiger partial charge in [-0.15, -0.1) is 0 Å². The number of aromatic amines is 1. The summed E-state index contributed by atoms with van der Waals surface area (Å²) in [7, 11) is 0. The van der Waals surface area contributed by atoms with E-state index in [0.717, 1.165) is 54.5 Å². The molecule has 0 unspecified atom stereocenters. The van der Waals surface area contributed by atoms with Crippen LogP contribution in [0.2, 0.25) is 0 Å². The Morgan fingerprint density at radius 2 is 1.03 bits per heavy atom. The summed E-state index contributed by atoms with van der Waals surface area (Å²) in [6, 6.07) is 35.7. The Hall–Kier alpha value is -4.37. The van der Waals surface area contributed by atoms with Gasteiger partial charge in [-0.05, 0) is 45.3 Å². The first-order valence-electron chi connectivity index (χ1n) is 10.9. The predicted molar refractivity (Wildman–Crippen MR) is 138 cm³/mol. The van der Waals surface area contributed by atoms with E-state index in [-0.39, 0.29) is 5.82 Å². The summed E-state index contributed by atoms with van der Waals surface area (Å²) in [5, 5.41) is 6.58. The highest BCUT2D eigenvalue weighted by atomic mass is 19.1. The lowest BCUT2D eigenvalue weighted by molar-refractivity contribution is 0.628. The SMILES string of the molecule is Nc1cccc2c1[nH]c1c(-c3cccc(F)c3)cccc1c1ccccc1c1ccccc21.